The first kappa shape index (κ1) is 14.1. The van der Waals surface area contributed by atoms with Crippen molar-refractivity contribution >= 4 is 18.3 Å². The fourth-order valence-electron chi connectivity index (χ4n) is 3.03. The first-order valence-electron chi connectivity index (χ1n) is 6.57. The van der Waals surface area contributed by atoms with Crippen molar-refractivity contribution < 1.29 is 14.3 Å². The zero-order chi connectivity index (χ0) is 11.7. The molecule has 3 aliphatic rings. The molecule has 0 aliphatic carbocycles. The zero-order valence-electron chi connectivity index (χ0n) is 10.4. The van der Waals surface area contributed by atoms with Gasteiger partial charge in [0.25, 0.3) is 0 Å². The molecule has 0 aromatic rings. The lowest BCUT2D eigenvalue weighted by Gasteiger charge is -2.25. The highest BCUT2D eigenvalue weighted by molar-refractivity contribution is 5.85. The minimum absolute atomic E-state index is 0. The van der Waals surface area contributed by atoms with Gasteiger partial charge in [-0.15, -0.1) is 12.4 Å². The predicted molar refractivity (Wildman–Crippen MR) is 68.9 cm³/mol. The van der Waals surface area contributed by atoms with Crippen LogP contribution >= 0.6 is 12.4 Å². The molecule has 3 saturated heterocycles. The van der Waals surface area contributed by atoms with Crippen LogP contribution in [0.3, 0.4) is 0 Å². The molecule has 5 nitrogen and oxygen atoms in total. The van der Waals surface area contributed by atoms with Crippen molar-refractivity contribution in [2.75, 3.05) is 19.8 Å². The summed E-state index contributed by atoms with van der Waals surface area (Å²) in [7, 11) is 0. The molecule has 3 rings (SSSR count). The minimum atomic E-state index is 0. The van der Waals surface area contributed by atoms with Crippen LogP contribution < -0.4 is 10.6 Å². The molecule has 0 saturated carbocycles. The van der Waals surface area contributed by atoms with Gasteiger partial charge < -0.3 is 20.1 Å². The third-order valence-electron chi connectivity index (χ3n) is 3.88. The summed E-state index contributed by atoms with van der Waals surface area (Å²) in [6.45, 7) is 2.23. The van der Waals surface area contributed by atoms with Crippen molar-refractivity contribution in [1.29, 1.82) is 0 Å². The molecule has 3 aliphatic heterocycles. The van der Waals surface area contributed by atoms with Crippen molar-refractivity contribution in [2.24, 2.45) is 0 Å². The number of morpholine rings is 1. The SMILES string of the molecule is Cl.O=C(CC1COCCN1)NC1CC2CCC1O2. The maximum absolute atomic E-state index is 11.9. The molecule has 0 aromatic heterocycles. The number of carbonyl (C=O) groups is 1. The second-order valence-corrected chi connectivity index (χ2v) is 5.21. The van der Waals surface area contributed by atoms with Gasteiger partial charge in [-0.2, -0.15) is 0 Å². The van der Waals surface area contributed by atoms with E-state index in [0.29, 0.717) is 19.1 Å². The van der Waals surface area contributed by atoms with Crippen LogP contribution in [0.25, 0.3) is 0 Å². The summed E-state index contributed by atoms with van der Waals surface area (Å²) in [5, 5.41) is 6.39. The van der Waals surface area contributed by atoms with Gasteiger partial charge >= 0.3 is 0 Å². The van der Waals surface area contributed by atoms with Crippen LogP contribution in [-0.2, 0) is 14.3 Å². The minimum Gasteiger partial charge on any atom is -0.378 e. The summed E-state index contributed by atoms with van der Waals surface area (Å²) in [6, 6.07) is 0.411. The fraction of sp³-hybridized carbons (Fsp3) is 0.917. The molecule has 1 amide bonds. The Kier molecular flexibility index (Phi) is 4.84. The van der Waals surface area contributed by atoms with Gasteiger partial charge in [0.1, 0.15) is 0 Å². The molecule has 3 heterocycles. The van der Waals surface area contributed by atoms with Gasteiger partial charge in [0, 0.05) is 19.0 Å². The maximum atomic E-state index is 11.9. The van der Waals surface area contributed by atoms with E-state index in [9.17, 15) is 4.79 Å². The predicted octanol–water partition coefficient (Wildman–Crippen LogP) is 0.223. The second kappa shape index (κ2) is 6.19. The van der Waals surface area contributed by atoms with Crippen molar-refractivity contribution in [1.82, 2.24) is 10.6 Å². The number of amides is 1. The van der Waals surface area contributed by atoms with Crippen LogP contribution in [0.2, 0.25) is 0 Å². The molecule has 3 fully saturated rings. The van der Waals surface area contributed by atoms with Crippen LogP contribution in [0.15, 0.2) is 0 Å². The fourth-order valence-corrected chi connectivity index (χ4v) is 3.03. The number of halogens is 1. The van der Waals surface area contributed by atoms with Gasteiger partial charge in [-0.05, 0) is 19.3 Å². The van der Waals surface area contributed by atoms with E-state index < -0.39 is 0 Å². The third-order valence-corrected chi connectivity index (χ3v) is 3.88. The number of rotatable bonds is 3. The van der Waals surface area contributed by atoms with E-state index in [1.165, 1.54) is 0 Å². The Balaban J connectivity index is 0.00000120. The van der Waals surface area contributed by atoms with Gasteiger partial charge in [0.15, 0.2) is 0 Å². The summed E-state index contributed by atoms with van der Waals surface area (Å²) in [4.78, 5) is 11.9. The number of carbonyl (C=O) groups excluding carboxylic acids is 1. The van der Waals surface area contributed by atoms with E-state index in [4.69, 9.17) is 9.47 Å². The molecule has 0 spiro atoms. The third kappa shape index (κ3) is 3.15. The quantitative estimate of drug-likeness (QED) is 0.774. The molecule has 2 bridgehead atoms. The number of hydrogen-bond donors (Lipinski definition) is 2. The van der Waals surface area contributed by atoms with E-state index >= 15 is 0 Å². The lowest BCUT2D eigenvalue weighted by molar-refractivity contribution is -0.123. The summed E-state index contributed by atoms with van der Waals surface area (Å²) >= 11 is 0. The second-order valence-electron chi connectivity index (χ2n) is 5.21. The lowest BCUT2D eigenvalue weighted by atomic mass is 9.95. The normalized spacial score (nSPS) is 38.2. The summed E-state index contributed by atoms with van der Waals surface area (Å²) < 4.78 is 11.1. The highest BCUT2D eigenvalue weighted by Gasteiger charge is 2.41. The number of ether oxygens (including phenoxy) is 2. The molecule has 0 radical (unpaired) electrons. The molecular formula is C12H21ClN2O3. The number of hydrogen-bond acceptors (Lipinski definition) is 4. The number of fused-ring (bicyclic) bond motifs is 2. The monoisotopic (exact) mass is 276 g/mol. The van der Waals surface area contributed by atoms with Crippen LogP contribution in [0.5, 0.6) is 0 Å². The van der Waals surface area contributed by atoms with Gasteiger partial charge in [-0.3, -0.25) is 4.79 Å². The first-order chi connectivity index (χ1) is 8.31. The Hall–Kier alpha value is -0.360. The van der Waals surface area contributed by atoms with Crippen molar-refractivity contribution in [3.63, 3.8) is 0 Å². The summed E-state index contributed by atoms with van der Waals surface area (Å²) in [6.07, 6.45) is 4.41. The molecule has 104 valence electrons. The van der Waals surface area contributed by atoms with Crippen LogP contribution in [0.4, 0.5) is 0 Å². The largest absolute Gasteiger partial charge is 0.378 e. The van der Waals surface area contributed by atoms with Gasteiger partial charge in [0.2, 0.25) is 5.91 Å². The highest BCUT2D eigenvalue weighted by atomic mass is 35.5. The molecule has 0 aromatic carbocycles. The Labute approximate surface area is 113 Å². The van der Waals surface area contributed by atoms with Crippen LogP contribution in [-0.4, -0.2) is 50.0 Å². The highest BCUT2D eigenvalue weighted by Crippen LogP contribution is 2.34. The Morgan fingerprint density at radius 3 is 2.89 bits per heavy atom. The number of nitrogens with one attached hydrogen (secondary N) is 2. The van der Waals surface area contributed by atoms with Crippen molar-refractivity contribution in [3.8, 4) is 0 Å². The van der Waals surface area contributed by atoms with Crippen LogP contribution in [0, 0.1) is 0 Å². The van der Waals surface area contributed by atoms with E-state index in [1.54, 1.807) is 0 Å². The lowest BCUT2D eigenvalue weighted by Crippen LogP contribution is -2.47. The van der Waals surface area contributed by atoms with Gasteiger partial charge in [0.05, 0.1) is 31.5 Å². The molecule has 6 heteroatoms. The van der Waals surface area contributed by atoms with E-state index in [0.717, 1.165) is 32.4 Å². The topological polar surface area (TPSA) is 59.6 Å². The zero-order valence-corrected chi connectivity index (χ0v) is 11.2. The molecular weight excluding hydrogens is 256 g/mol. The summed E-state index contributed by atoms with van der Waals surface area (Å²) in [5.74, 6) is 0.120. The van der Waals surface area contributed by atoms with E-state index in [2.05, 4.69) is 10.6 Å². The van der Waals surface area contributed by atoms with E-state index in [1.807, 2.05) is 0 Å². The van der Waals surface area contributed by atoms with Gasteiger partial charge in [-0.1, -0.05) is 0 Å². The smallest absolute Gasteiger partial charge is 0.221 e. The van der Waals surface area contributed by atoms with Crippen molar-refractivity contribution in [3.05, 3.63) is 0 Å². The van der Waals surface area contributed by atoms with Crippen molar-refractivity contribution in [2.45, 2.75) is 50.0 Å². The molecule has 18 heavy (non-hydrogen) atoms. The average molecular weight is 277 g/mol. The van der Waals surface area contributed by atoms with E-state index in [-0.39, 0.29) is 36.5 Å². The summed E-state index contributed by atoms with van der Waals surface area (Å²) in [5.41, 5.74) is 0. The molecule has 2 N–H and O–H groups in total. The molecule has 4 unspecified atom stereocenters. The molecule has 4 atom stereocenters. The first-order valence-corrected chi connectivity index (χ1v) is 6.57. The van der Waals surface area contributed by atoms with Gasteiger partial charge in [-0.25, -0.2) is 0 Å². The Bertz CT molecular complexity index is 297. The standard InChI is InChI=1S/C12H20N2O3.ClH/c15-12(5-8-7-16-4-3-13-8)14-10-6-9-1-2-11(10)17-9;/h8-11,13H,1-7H2,(H,14,15);1H. The average Bonchev–Trinajstić information content (AvgIpc) is 2.92. The Morgan fingerprint density at radius 1 is 1.39 bits per heavy atom. The maximum Gasteiger partial charge on any atom is 0.221 e. The Morgan fingerprint density at radius 2 is 2.28 bits per heavy atom. The van der Waals surface area contributed by atoms with Crippen LogP contribution in [0.1, 0.15) is 25.7 Å².